The quantitative estimate of drug-likeness (QED) is 0.896. The molecule has 2 N–H and O–H groups in total. The molecule has 0 saturated heterocycles. The summed E-state index contributed by atoms with van der Waals surface area (Å²) in [5.74, 6) is -1.25. The number of rotatable bonds is 4. The molecular weight excluding hydrogens is 286 g/mol. The van der Waals surface area contributed by atoms with Gasteiger partial charge >= 0.3 is 5.97 Å². The van der Waals surface area contributed by atoms with E-state index < -0.39 is 12.0 Å². The molecule has 0 aliphatic carbocycles. The van der Waals surface area contributed by atoms with Crippen LogP contribution < -0.4 is 5.32 Å². The van der Waals surface area contributed by atoms with Crippen molar-refractivity contribution in [3.05, 3.63) is 20.8 Å². The third-order valence-corrected chi connectivity index (χ3v) is 4.53. The topological polar surface area (TPSA) is 66.4 Å². The van der Waals surface area contributed by atoms with Crippen molar-refractivity contribution in [1.82, 2.24) is 5.32 Å². The van der Waals surface area contributed by atoms with Crippen LogP contribution in [0.25, 0.3) is 0 Å². The maximum atomic E-state index is 12.1. The lowest BCUT2D eigenvalue weighted by Crippen LogP contribution is -2.44. The van der Waals surface area contributed by atoms with Crippen molar-refractivity contribution < 1.29 is 14.7 Å². The predicted molar refractivity (Wildman–Crippen MR) is 77.0 cm³/mol. The molecule has 1 rings (SSSR count). The highest BCUT2D eigenvalue weighted by Crippen LogP contribution is 2.28. The highest BCUT2D eigenvalue weighted by molar-refractivity contribution is 7.13. The molecule has 1 amide bonds. The second kappa shape index (κ2) is 5.92. The number of carboxylic acids is 1. The van der Waals surface area contributed by atoms with E-state index in [4.69, 9.17) is 16.7 Å². The van der Waals surface area contributed by atoms with Crippen LogP contribution in [0.5, 0.6) is 0 Å². The Labute approximate surface area is 121 Å². The Bertz CT molecular complexity index is 491. The second-order valence-corrected chi connectivity index (χ2v) is 6.81. The van der Waals surface area contributed by atoms with E-state index in [1.807, 2.05) is 27.7 Å². The van der Waals surface area contributed by atoms with Gasteiger partial charge in [0, 0.05) is 6.04 Å². The van der Waals surface area contributed by atoms with E-state index in [1.165, 1.54) is 11.3 Å². The number of carboxylic acid groups (broad SMARTS) is 1. The van der Waals surface area contributed by atoms with Gasteiger partial charge in [0.2, 0.25) is 0 Å². The van der Waals surface area contributed by atoms with E-state index in [1.54, 1.807) is 5.38 Å². The van der Waals surface area contributed by atoms with E-state index in [0.717, 1.165) is 5.56 Å². The molecule has 1 heterocycles. The molecule has 1 aromatic heterocycles. The van der Waals surface area contributed by atoms with Crippen molar-refractivity contribution in [3.8, 4) is 0 Å². The maximum absolute atomic E-state index is 12.1. The average molecular weight is 304 g/mol. The Hall–Kier alpha value is -1.07. The van der Waals surface area contributed by atoms with Crippen molar-refractivity contribution >= 4 is 34.8 Å². The van der Waals surface area contributed by atoms with Crippen LogP contribution in [0, 0.1) is 12.3 Å². The number of amides is 1. The Morgan fingerprint density at radius 1 is 1.47 bits per heavy atom. The van der Waals surface area contributed by atoms with Gasteiger partial charge < -0.3 is 10.4 Å². The summed E-state index contributed by atoms with van der Waals surface area (Å²) in [5, 5.41) is 13.9. The third-order valence-electron chi connectivity index (χ3n) is 2.83. The van der Waals surface area contributed by atoms with Crippen molar-refractivity contribution in [2.24, 2.45) is 5.41 Å². The Morgan fingerprint density at radius 3 is 2.42 bits per heavy atom. The molecule has 0 saturated carbocycles. The molecule has 0 radical (unpaired) electrons. The molecule has 19 heavy (non-hydrogen) atoms. The van der Waals surface area contributed by atoms with Crippen LogP contribution in [0.2, 0.25) is 5.02 Å². The fourth-order valence-electron chi connectivity index (χ4n) is 1.56. The van der Waals surface area contributed by atoms with E-state index >= 15 is 0 Å². The van der Waals surface area contributed by atoms with E-state index in [-0.39, 0.29) is 17.7 Å². The fraction of sp³-hybridized carbons (Fsp3) is 0.538. The van der Waals surface area contributed by atoms with Gasteiger partial charge in [-0.2, -0.15) is 0 Å². The molecule has 1 atom stereocenters. The number of carbonyl (C=O) groups excluding carboxylic acids is 1. The van der Waals surface area contributed by atoms with Gasteiger partial charge in [0.1, 0.15) is 4.88 Å². The summed E-state index contributed by atoms with van der Waals surface area (Å²) >= 11 is 7.30. The first-order chi connectivity index (χ1) is 8.62. The van der Waals surface area contributed by atoms with Crippen molar-refractivity contribution in [2.45, 2.75) is 40.2 Å². The Morgan fingerprint density at radius 2 is 2.05 bits per heavy atom. The molecule has 0 bridgehead atoms. The highest BCUT2D eigenvalue weighted by Gasteiger charge is 2.29. The summed E-state index contributed by atoms with van der Waals surface area (Å²) in [5.41, 5.74) is 0.509. The van der Waals surface area contributed by atoms with Crippen LogP contribution in [0.15, 0.2) is 5.38 Å². The molecule has 0 aromatic carbocycles. The summed E-state index contributed by atoms with van der Waals surface area (Å²) in [6, 6.07) is -0.448. The van der Waals surface area contributed by atoms with Crippen molar-refractivity contribution in [3.63, 3.8) is 0 Å². The minimum atomic E-state index is -0.936. The molecule has 1 unspecified atom stereocenters. The predicted octanol–water partition coefficient (Wildman–Crippen LogP) is 3.33. The molecule has 0 fully saturated rings. The summed E-state index contributed by atoms with van der Waals surface area (Å²) in [6.07, 6.45) is -0.114. The molecule has 0 aliphatic heterocycles. The largest absolute Gasteiger partial charge is 0.481 e. The lowest BCUT2D eigenvalue weighted by atomic mass is 9.84. The third kappa shape index (κ3) is 4.21. The highest BCUT2D eigenvalue weighted by atomic mass is 35.5. The van der Waals surface area contributed by atoms with Crippen LogP contribution >= 0.6 is 22.9 Å². The number of aliphatic carboxylic acids is 1. The van der Waals surface area contributed by atoms with E-state index in [2.05, 4.69) is 5.32 Å². The standard InChI is InChI=1S/C13H18ClNO3S/c1-7-6-19-11(10(7)14)12(18)15-8(5-9(16)17)13(2,3)4/h6,8H,5H2,1-4H3,(H,15,18)(H,16,17). The number of nitrogens with one attached hydrogen (secondary N) is 1. The molecule has 4 nitrogen and oxygen atoms in total. The van der Waals surface area contributed by atoms with Gasteiger partial charge in [0.15, 0.2) is 0 Å². The van der Waals surface area contributed by atoms with Gasteiger partial charge in [0.05, 0.1) is 11.4 Å². The first kappa shape index (κ1) is 16.0. The molecule has 6 heteroatoms. The van der Waals surface area contributed by atoms with E-state index in [0.29, 0.717) is 9.90 Å². The zero-order valence-corrected chi connectivity index (χ0v) is 13.0. The lowest BCUT2D eigenvalue weighted by Gasteiger charge is -2.30. The van der Waals surface area contributed by atoms with Gasteiger partial charge in [-0.15, -0.1) is 11.3 Å². The van der Waals surface area contributed by atoms with Crippen LogP contribution in [0.3, 0.4) is 0 Å². The second-order valence-electron chi connectivity index (χ2n) is 5.55. The molecule has 1 aromatic rings. The minimum absolute atomic E-state index is 0.114. The number of halogens is 1. The summed E-state index contributed by atoms with van der Waals surface area (Å²) in [4.78, 5) is 23.4. The summed E-state index contributed by atoms with van der Waals surface area (Å²) in [7, 11) is 0. The first-order valence-corrected chi connectivity index (χ1v) is 7.15. The van der Waals surface area contributed by atoms with E-state index in [9.17, 15) is 9.59 Å². The van der Waals surface area contributed by atoms with Gasteiger partial charge in [-0.1, -0.05) is 32.4 Å². The van der Waals surface area contributed by atoms with Crippen LogP contribution in [-0.2, 0) is 4.79 Å². The molecule has 0 aliphatic rings. The van der Waals surface area contributed by atoms with Crippen molar-refractivity contribution in [1.29, 1.82) is 0 Å². The Balaban J connectivity index is 2.88. The maximum Gasteiger partial charge on any atom is 0.305 e. The number of aryl methyl sites for hydroxylation is 1. The number of thiophene rings is 1. The van der Waals surface area contributed by atoms with Gasteiger partial charge in [-0.3, -0.25) is 9.59 Å². The first-order valence-electron chi connectivity index (χ1n) is 5.89. The Kier molecular flexibility index (Phi) is 4.98. The van der Waals surface area contributed by atoms with Crippen LogP contribution in [-0.4, -0.2) is 23.0 Å². The zero-order chi connectivity index (χ0) is 14.8. The zero-order valence-electron chi connectivity index (χ0n) is 11.4. The molecular formula is C13H18ClNO3S. The van der Waals surface area contributed by atoms with Crippen molar-refractivity contribution in [2.75, 3.05) is 0 Å². The summed E-state index contributed by atoms with van der Waals surface area (Å²) in [6.45, 7) is 7.50. The van der Waals surface area contributed by atoms with Crippen LogP contribution in [0.4, 0.5) is 0 Å². The molecule has 0 spiro atoms. The monoisotopic (exact) mass is 303 g/mol. The number of carbonyl (C=O) groups is 2. The number of hydrogen-bond donors (Lipinski definition) is 2. The van der Waals surface area contributed by atoms with Gasteiger partial charge in [-0.25, -0.2) is 0 Å². The van der Waals surface area contributed by atoms with Crippen LogP contribution in [0.1, 0.15) is 42.4 Å². The van der Waals surface area contributed by atoms with Gasteiger partial charge in [0.25, 0.3) is 5.91 Å². The fourth-order valence-corrected chi connectivity index (χ4v) is 2.74. The average Bonchev–Trinajstić information content (AvgIpc) is 2.57. The number of hydrogen-bond acceptors (Lipinski definition) is 3. The SMILES string of the molecule is Cc1csc(C(=O)NC(CC(=O)O)C(C)(C)C)c1Cl. The van der Waals surface area contributed by atoms with Gasteiger partial charge in [-0.05, 0) is 23.3 Å². The smallest absolute Gasteiger partial charge is 0.305 e. The summed E-state index contributed by atoms with van der Waals surface area (Å²) < 4.78 is 0. The minimum Gasteiger partial charge on any atom is -0.481 e. The normalized spacial score (nSPS) is 13.1. The lowest BCUT2D eigenvalue weighted by molar-refractivity contribution is -0.138. The molecule has 106 valence electrons.